The molecule has 0 fully saturated rings. The van der Waals surface area contributed by atoms with Crippen LogP contribution in [0.15, 0.2) is 41.6 Å². The maximum Gasteiger partial charge on any atom is 0.271 e. The third-order valence-corrected chi connectivity index (χ3v) is 3.44. The van der Waals surface area contributed by atoms with Gasteiger partial charge in [-0.05, 0) is 6.07 Å². The number of hydrogen-bond acceptors (Lipinski definition) is 5. The summed E-state index contributed by atoms with van der Waals surface area (Å²) < 4.78 is 25.8. The number of nitrogens with one attached hydrogen (secondary N) is 2. The average molecular weight is 268 g/mol. The second kappa shape index (κ2) is 4.45. The topological polar surface area (TPSA) is 118 Å². The molecule has 1 aromatic carbocycles. The molecule has 94 valence electrons. The molecule has 0 aliphatic rings. The molecule has 1 heterocycles. The van der Waals surface area contributed by atoms with Gasteiger partial charge in [-0.15, -0.1) is 0 Å². The summed E-state index contributed by atoms with van der Waals surface area (Å²) in [5.41, 5.74) is -0.0761. The number of nitro benzene ring substituents is 1. The van der Waals surface area contributed by atoms with E-state index >= 15 is 0 Å². The first-order valence-electron chi connectivity index (χ1n) is 4.75. The number of nitro groups is 1. The lowest BCUT2D eigenvalue weighted by Gasteiger charge is -2.05. The molecule has 18 heavy (non-hydrogen) atoms. The number of sulfonamides is 1. The minimum absolute atomic E-state index is 0.0472. The van der Waals surface area contributed by atoms with Gasteiger partial charge in [0.2, 0.25) is 0 Å². The fourth-order valence-corrected chi connectivity index (χ4v) is 2.24. The summed E-state index contributed by atoms with van der Waals surface area (Å²) in [6.45, 7) is 0. The number of benzene rings is 1. The van der Waals surface area contributed by atoms with Gasteiger partial charge in [-0.25, -0.2) is 8.42 Å². The third kappa shape index (κ3) is 2.46. The van der Waals surface area contributed by atoms with Gasteiger partial charge in [0.15, 0.2) is 0 Å². The second-order valence-corrected chi connectivity index (χ2v) is 5.03. The van der Waals surface area contributed by atoms with Gasteiger partial charge in [-0.1, -0.05) is 6.07 Å². The molecule has 0 saturated carbocycles. The summed E-state index contributed by atoms with van der Waals surface area (Å²) in [5, 5.41) is 16.5. The summed E-state index contributed by atoms with van der Waals surface area (Å²) in [4.78, 5) is 9.91. The van der Waals surface area contributed by atoms with Crippen molar-refractivity contribution in [1.29, 1.82) is 0 Å². The molecule has 0 aliphatic carbocycles. The van der Waals surface area contributed by atoms with E-state index in [1.807, 2.05) is 0 Å². The molecule has 1 aromatic heterocycles. The molecule has 2 N–H and O–H groups in total. The molecule has 0 atom stereocenters. The zero-order chi connectivity index (χ0) is 13.2. The molecule has 0 amide bonds. The Morgan fingerprint density at radius 2 is 2.17 bits per heavy atom. The lowest BCUT2D eigenvalue weighted by molar-refractivity contribution is -0.384. The van der Waals surface area contributed by atoms with E-state index in [4.69, 9.17) is 0 Å². The smallest absolute Gasteiger partial charge is 0.271 e. The van der Waals surface area contributed by atoms with Crippen molar-refractivity contribution in [3.8, 4) is 0 Å². The van der Waals surface area contributed by atoms with Gasteiger partial charge in [-0.3, -0.25) is 19.9 Å². The Labute approximate surface area is 102 Å². The normalized spacial score (nSPS) is 11.1. The van der Waals surface area contributed by atoms with Crippen LogP contribution in [0.25, 0.3) is 0 Å². The highest BCUT2D eigenvalue weighted by molar-refractivity contribution is 7.92. The monoisotopic (exact) mass is 268 g/mol. The number of nitrogens with zero attached hydrogens (tertiary/aromatic N) is 2. The maximum absolute atomic E-state index is 11.8. The summed E-state index contributed by atoms with van der Waals surface area (Å²) in [5.74, 6) is 0. The van der Waals surface area contributed by atoms with Gasteiger partial charge in [0.25, 0.3) is 15.7 Å². The van der Waals surface area contributed by atoms with Crippen LogP contribution >= 0.6 is 0 Å². The van der Waals surface area contributed by atoms with Crippen molar-refractivity contribution in [3.05, 3.63) is 46.8 Å². The molecule has 0 saturated heterocycles. The van der Waals surface area contributed by atoms with Crippen molar-refractivity contribution in [2.24, 2.45) is 0 Å². The van der Waals surface area contributed by atoms with Crippen LogP contribution in [-0.2, 0) is 10.0 Å². The van der Waals surface area contributed by atoms with Gasteiger partial charge in [0.1, 0.15) is 4.90 Å². The zero-order valence-corrected chi connectivity index (χ0v) is 9.72. The molecule has 9 heteroatoms. The molecule has 0 aliphatic heterocycles. The van der Waals surface area contributed by atoms with E-state index in [0.717, 1.165) is 12.3 Å². The predicted molar refractivity (Wildman–Crippen MR) is 62.5 cm³/mol. The van der Waals surface area contributed by atoms with Gasteiger partial charge >= 0.3 is 0 Å². The Kier molecular flexibility index (Phi) is 2.98. The Morgan fingerprint density at radius 1 is 1.39 bits per heavy atom. The Morgan fingerprint density at radius 3 is 2.78 bits per heavy atom. The van der Waals surface area contributed by atoms with Gasteiger partial charge < -0.3 is 0 Å². The number of non-ortho nitro benzene ring substituents is 1. The number of H-pyrrole nitrogens is 1. The van der Waals surface area contributed by atoms with Crippen molar-refractivity contribution in [2.45, 2.75) is 4.90 Å². The highest BCUT2D eigenvalue weighted by Crippen LogP contribution is 2.20. The van der Waals surface area contributed by atoms with E-state index in [2.05, 4.69) is 14.9 Å². The molecular weight excluding hydrogens is 260 g/mol. The SMILES string of the molecule is O=[N+]([O-])c1cccc(NS(=O)(=O)c2cn[nH]c2)c1. The van der Waals surface area contributed by atoms with Crippen molar-refractivity contribution in [3.63, 3.8) is 0 Å². The van der Waals surface area contributed by atoms with Crippen LogP contribution < -0.4 is 4.72 Å². The van der Waals surface area contributed by atoms with E-state index in [0.29, 0.717) is 0 Å². The van der Waals surface area contributed by atoms with Crippen LogP contribution in [0.5, 0.6) is 0 Å². The van der Waals surface area contributed by atoms with Crippen LogP contribution in [0.4, 0.5) is 11.4 Å². The Hall–Kier alpha value is -2.42. The summed E-state index contributed by atoms with van der Waals surface area (Å²) in [6.07, 6.45) is 2.35. The third-order valence-electron chi connectivity index (χ3n) is 2.09. The first-order valence-corrected chi connectivity index (χ1v) is 6.23. The fourth-order valence-electron chi connectivity index (χ4n) is 1.28. The minimum atomic E-state index is -3.78. The fraction of sp³-hybridized carbons (Fsp3) is 0. The average Bonchev–Trinajstić information content (AvgIpc) is 2.82. The van der Waals surface area contributed by atoms with Gasteiger partial charge in [0, 0.05) is 18.3 Å². The van der Waals surface area contributed by atoms with E-state index in [9.17, 15) is 18.5 Å². The van der Waals surface area contributed by atoms with Gasteiger partial charge in [0.05, 0.1) is 16.8 Å². The molecule has 0 spiro atoms. The van der Waals surface area contributed by atoms with Crippen LogP contribution in [0, 0.1) is 10.1 Å². The molecule has 0 bridgehead atoms. The van der Waals surface area contributed by atoms with Crippen LogP contribution in [-0.4, -0.2) is 23.5 Å². The number of hydrogen-bond donors (Lipinski definition) is 2. The van der Waals surface area contributed by atoms with Crippen LogP contribution in [0.1, 0.15) is 0 Å². The quantitative estimate of drug-likeness (QED) is 0.636. The number of aromatic amines is 1. The summed E-state index contributed by atoms with van der Waals surface area (Å²) >= 11 is 0. The molecular formula is C9H8N4O4S. The molecule has 2 aromatic rings. The largest absolute Gasteiger partial charge is 0.284 e. The molecule has 0 radical (unpaired) electrons. The van der Waals surface area contributed by atoms with Crippen LogP contribution in [0.3, 0.4) is 0 Å². The Balaban J connectivity index is 2.30. The van der Waals surface area contributed by atoms with Crippen molar-refractivity contribution in [1.82, 2.24) is 10.2 Å². The molecule has 8 nitrogen and oxygen atoms in total. The van der Waals surface area contributed by atoms with Gasteiger partial charge in [-0.2, -0.15) is 5.10 Å². The standard InChI is InChI=1S/C9H8N4O4S/c14-13(15)8-3-1-2-7(4-8)12-18(16,17)9-5-10-11-6-9/h1-6,12H,(H,10,11). The van der Waals surface area contributed by atoms with E-state index in [1.165, 1.54) is 24.4 Å². The number of rotatable bonds is 4. The maximum atomic E-state index is 11.8. The second-order valence-electron chi connectivity index (χ2n) is 3.35. The van der Waals surface area contributed by atoms with Crippen LogP contribution in [0.2, 0.25) is 0 Å². The highest BCUT2D eigenvalue weighted by Gasteiger charge is 2.16. The summed E-state index contributed by atoms with van der Waals surface area (Å²) in [6, 6.07) is 5.23. The van der Waals surface area contributed by atoms with Crippen molar-refractivity contribution >= 4 is 21.4 Å². The van der Waals surface area contributed by atoms with E-state index in [1.54, 1.807) is 0 Å². The van der Waals surface area contributed by atoms with E-state index in [-0.39, 0.29) is 16.3 Å². The predicted octanol–water partition coefficient (Wildman–Crippen LogP) is 1.12. The molecule has 0 unspecified atom stereocenters. The number of aromatic nitrogens is 2. The Bertz CT molecular complexity index is 666. The molecule has 2 rings (SSSR count). The minimum Gasteiger partial charge on any atom is -0.284 e. The highest BCUT2D eigenvalue weighted by atomic mass is 32.2. The zero-order valence-electron chi connectivity index (χ0n) is 8.90. The van der Waals surface area contributed by atoms with Crippen molar-refractivity contribution in [2.75, 3.05) is 4.72 Å². The summed E-state index contributed by atoms with van der Waals surface area (Å²) in [7, 11) is -3.78. The van der Waals surface area contributed by atoms with E-state index < -0.39 is 14.9 Å². The lowest BCUT2D eigenvalue weighted by Crippen LogP contribution is -2.12. The lowest BCUT2D eigenvalue weighted by atomic mass is 10.3. The number of anilines is 1. The first-order chi connectivity index (χ1) is 8.49. The first kappa shape index (κ1) is 12.0. The van der Waals surface area contributed by atoms with Crippen molar-refractivity contribution < 1.29 is 13.3 Å².